The Balaban J connectivity index is 1.77. The van der Waals surface area contributed by atoms with Crippen LogP contribution in [-0.4, -0.2) is 49.7 Å². The van der Waals surface area contributed by atoms with E-state index in [0.29, 0.717) is 28.6 Å². The molecule has 2 aromatic rings. The van der Waals surface area contributed by atoms with Crippen molar-refractivity contribution >= 4 is 23.5 Å². The monoisotopic (exact) mass is 417 g/mol. The molecular formula is C21H24ClN3O4. The van der Waals surface area contributed by atoms with Gasteiger partial charge in [-0.2, -0.15) is 0 Å². The van der Waals surface area contributed by atoms with E-state index in [1.54, 1.807) is 57.5 Å². The second-order valence-corrected chi connectivity index (χ2v) is 7.57. The molecule has 0 aliphatic carbocycles. The van der Waals surface area contributed by atoms with Crippen LogP contribution in [0.1, 0.15) is 18.1 Å². The number of carbonyl (C=O) groups is 2. The third-order valence-corrected chi connectivity index (χ3v) is 5.22. The van der Waals surface area contributed by atoms with Crippen LogP contribution >= 0.6 is 11.6 Å². The van der Waals surface area contributed by atoms with Crippen LogP contribution in [0.4, 0.5) is 4.79 Å². The van der Waals surface area contributed by atoms with E-state index in [4.69, 9.17) is 21.1 Å². The molecule has 3 amide bonds. The topological polar surface area (TPSA) is 71.1 Å². The van der Waals surface area contributed by atoms with E-state index < -0.39 is 11.6 Å². The molecule has 1 atom stereocenters. The Bertz CT molecular complexity index is 936. The minimum atomic E-state index is -1.15. The van der Waals surface area contributed by atoms with Crippen molar-refractivity contribution in [1.29, 1.82) is 0 Å². The summed E-state index contributed by atoms with van der Waals surface area (Å²) in [7, 11) is 4.97. The molecule has 1 aliphatic rings. The van der Waals surface area contributed by atoms with E-state index in [-0.39, 0.29) is 12.6 Å². The summed E-state index contributed by atoms with van der Waals surface area (Å²) in [5.41, 5.74) is 0.377. The Labute approximate surface area is 175 Å². The number of halogens is 1. The van der Waals surface area contributed by atoms with Crippen molar-refractivity contribution in [2.75, 3.05) is 27.9 Å². The molecule has 0 spiro atoms. The number of methoxy groups -OCH3 is 2. The molecule has 7 nitrogen and oxygen atoms in total. The lowest BCUT2D eigenvalue weighted by molar-refractivity contribution is -0.132. The number of imide groups is 1. The van der Waals surface area contributed by atoms with Gasteiger partial charge in [0.1, 0.15) is 17.0 Å². The number of nitrogens with one attached hydrogen (secondary N) is 1. The van der Waals surface area contributed by atoms with Crippen LogP contribution < -0.4 is 14.8 Å². The molecule has 0 saturated carbocycles. The van der Waals surface area contributed by atoms with Gasteiger partial charge in [-0.25, -0.2) is 9.69 Å². The number of carbonyl (C=O) groups excluding carboxylic acids is 2. The molecule has 3 rings (SSSR count). The first-order valence-corrected chi connectivity index (χ1v) is 9.46. The van der Waals surface area contributed by atoms with Gasteiger partial charge in [-0.15, -0.1) is 0 Å². The Morgan fingerprint density at radius 1 is 1.14 bits per heavy atom. The summed E-state index contributed by atoms with van der Waals surface area (Å²) < 4.78 is 10.6. The Kier molecular flexibility index (Phi) is 6.00. The smallest absolute Gasteiger partial charge is 0.326 e. The van der Waals surface area contributed by atoms with E-state index >= 15 is 0 Å². The van der Waals surface area contributed by atoms with Crippen molar-refractivity contribution in [2.24, 2.45) is 0 Å². The van der Waals surface area contributed by atoms with Crippen LogP contribution in [0, 0.1) is 0 Å². The standard InChI is InChI=1S/C21H24ClN3O4/c1-21(15-6-5-7-17(11-15)28-3)19(26)25(20(27)23-21)13-24(2)12-14-10-16(22)8-9-18(14)29-4/h5-11H,12-13H2,1-4H3,(H,23,27)/t21-/m0/s1. The number of urea groups is 1. The predicted octanol–water partition coefficient (Wildman–Crippen LogP) is 3.21. The maximum atomic E-state index is 13.1. The van der Waals surface area contributed by atoms with Crippen molar-refractivity contribution in [3.63, 3.8) is 0 Å². The lowest BCUT2D eigenvalue weighted by Gasteiger charge is -2.25. The summed E-state index contributed by atoms with van der Waals surface area (Å²) in [6, 6.07) is 12.0. The van der Waals surface area contributed by atoms with E-state index in [0.717, 1.165) is 5.56 Å². The molecule has 1 saturated heterocycles. The third kappa shape index (κ3) is 4.16. The minimum Gasteiger partial charge on any atom is -0.497 e. The molecule has 0 bridgehead atoms. The first-order valence-electron chi connectivity index (χ1n) is 9.08. The molecule has 0 unspecified atom stereocenters. The highest BCUT2D eigenvalue weighted by atomic mass is 35.5. The van der Waals surface area contributed by atoms with Crippen molar-refractivity contribution in [2.45, 2.75) is 19.0 Å². The highest BCUT2D eigenvalue weighted by molar-refractivity contribution is 6.30. The van der Waals surface area contributed by atoms with Crippen molar-refractivity contribution in [1.82, 2.24) is 15.1 Å². The molecular weight excluding hydrogens is 394 g/mol. The van der Waals surface area contributed by atoms with E-state index in [1.165, 1.54) is 4.90 Å². The van der Waals surface area contributed by atoms with Crippen LogP contribution in [0.15, 0.2) is 42.5 Å². The van der Waals surface area contributed by atoms with Gasteiger partial charge >= 0.3 is 6.03 Å². The van der Waals surface area contributed by atoms with Gasteiger partial charge in [0.25, 0.3) is 5.91 Å². The maximum absolute atomic E-state index is 13.1. The normalized spacial score (nSPS) is 18.9. The molecule has 1 aliphatic heterocycles. The van der Waals surface area contributed by atoms with Crippen molar-refractivity contribution in [3.8, 4) is 11.5 Å². The molecule has 29 heavy (non-hydrogen) atoms. The number of ether oxygens (including phenoxy) is 2. The number of hydrogen-bond donors (Lipinski definition) is 1. The molecule has 1 fully saturated rings. The lowest BCUT2D eigenvalue weighted by Crippen LogP contribution is -2.42. The second kappa shape index (κ2) is 8.31. The third-order valence-electron chi connectivity index (χ3n) is 4.99. The zero-order valence-electron chi connectivity index (χ0n) is 16.9. The fraction of sp³-hybridized carbons (Fsp3) is 0.333. The predicted molar refractivity (Wildman–Crippen MR) is 110 cm³/mol. The number of hydrogen-bond acceptors (Lipinski definition) is 5. The van der Waals surface area contributed by atoms with Gasteiger partial charge in [0, 0.05) is 17.1 Å². The zero-order valence-corrected chi connectivity index (χ0v) is 17.6. The summed E-state index contributed by atoms with van der Waals surface area (Å²) in [5, 5.41) is 3.40. The number of benzene rings is 2. The molecule has 8 heteroatoms. The molecule has 1 N–H and O–H groups in total. The summed E-state index contributed by atoms with van der Waals surface area (Å²) in [4.78, 5) is 28.8. The molecule has 0 aromatic heterocycles. The lowest BCUT2D eigenvalue weighted by atomic mass is 9.92. The first kappa shape index (κ1) is 21.0. The van der Waals surface area contributed by atoms with Crippen molar-refractivity contribution in [3.05, 3.63) is 58.6 Å². The van der Waals surface area contributed by atoms with Crippen LogP contribution in [0.2, 0.25) is 5.02 Å². The highest BCUT2D eigenvalue weighted by Crippen LogP contribution is 2.31. The van der Waals surface area contributed by atoms with Gasteiger partial charge in [-0.3, -0.25) is 9.69 Å². The highest BCUT2D eigenvalue weighted by Gasteiger charge is 2.49. The summed E-state index contributed by atoms with van der Waals surface area (Å²) in [5.74, 6) is 0.995. The summed E-state index contributed by atoms with van der Waals surface area (Å²) in [6.45, 7) is 2.28. The fourth-order valence-electron chi connectivity index (χ4n) is 3.41. The number of nitrogens with zero attached hydrogens (tertiary/aromatic N) is 2. The molecule has 154 valence electrons. The average molecular weight is 418 g/mol. The SMILES string of the molecule is COc1cccc([C@]2(C)NC(=O)N(CN(C)Cc3cc(Cl)ccc3OC)C2=O)c1. The van der Waals surface area contributed by atoms with Gasteiger partial charge in [0.15, 0.2) is 0 Å². The summed E-state index contributed by atoms with van der Waals surface area (Å²) in [6.07, 6.45) is 0. The van der Waals surface area contributed by atoms with Gasteiger partial charge < -0.3 is 14.8 Å². The fourth-order valence-corrected chi connectivity index (χ4v) is 3.60. The molecule has 1 heterocycles. The number of rotatable bonds is 7. The zero-order chi connectivity index (χ0) is 21.2. The molecule has 0 radical (unpaired) electrons. The number of amides is 3. The summed E-state index contributed by atoms with van der Waals surface area (Å²) >= 11 is 6.09. The van der Waals surface area contributed by atoms with Gasteiger partial charge in [0.05, 0.1) is 20.9 Å². The van der Waals surface area contributed by atoms with E-state index in [1.807, 2.05) is 18.0 Å². The van der Waals surface area contributed by atoms with Crippen LogP contribution in [0.3, 0.4) is 0 Å². The van der Waals surface area contributed by atoms with Gasteiger partial charge in [-0.1, -0.05) is 23.7 Å². The van der Waals surface area contributed by atoms with E-state index in [2.05, 4.69) is 5.32 Å². The second-order valence-electron chi connectivity index (χ2n) is 7.13. The van der Waals surface area contributed by atoms with Crippen LogP contribution in [0.5, 0.6) is 11.5 Å². The maximum Gasteiger partial charge on any atom is 0.326 e. The average Bonchev–Trinajstić information content (AvgIpc) is 2.92. The minimum absolute atomic E-state index is 0.125. The Morgan fingerprint density at radius 2 is 1.90 bits per heavy atom. The quantitative estimate of drug-likeness (QED) is 0.700. The van der Waals surface area contributed by atoms with Crippen LogP contribution in [0.25, 0.3) is 0 Å². The van der Waals surface area contributed by atoms with Gasteiger partial charge in [0.2, 0.25) is 0 Å². The largest absolute Gasteiger partial charge is 0.497 e. The first-order chi connectivity index (χ1) is 13.8. The Hall–Kier alpha value is -2.77. The molecule has 2 aromatic carbocycles. The van der Waals surface area contributed by atoms with Crippen LogP contribution in [-0.2, 0) is 16.9 Å². The van der Waals surface area contributed by atoms with E-state index in [9.17, 15) is 9.59 Å². The van der Waals surface area contributed by atoms with Crippen molar-refractivity contribution < 1.29 is 19.1 Å². The Morgan fingerprint density at radius 3 is 2.59 bits per heavy atom. The van der Waals surface area contributed by atoms with Gasteiger partial charge in [-0.05, 0) is 49.9 Å².